The molecule has 0 fully saturated rings. The van der Waals surface area contributed by atoms with Gasteiger partial charge in [0.25, 0.3) is 0 Å². The molecule has 0 atom stereocenters. The zero-order valence-electron chi connectivity index (χ0n) is 9.17. The zero-order chi connectivity index (χ0) is 11.2. The van der Waals surface area contributed by atoms with Gasteiger partial charge in [-0.15, -0.1) is 10.2 Å². The third kappa shape index (κ3) is 3.01. The third-order valence-electron chi connectivity index (χ3n) is 2.14. The van der Waals surface area contributed by atoms with Gasteiger partial charge in [0.05, 0.1) is 11.9 Å². The summed E-state index contributed by atoms with van der Waals surface area (Å²) in [6.45, 7) is 3.62. The van der Waals surface area contributed by atoms with Gasteiger partial charge in [-0.3, -0.25) is 4.68 Å². The van der Waals surface area contributed by atoms with Gasteiger partial charge in [-0.2, -0.15) is 5.10 Å². The molecule has 0 bridgehead atoms. The molecule has 0 aliphatic heterocycles. The molecule has 0 unspecified atom stereocenters. The molecule has 2 aromatic heterocycles. The predicted molar refractivity (Wildman–Crippen MR) is 59.9 cm³/mol. The average Bonchev–Trinajstić information content (AvgIpc) is 2.80. The van der Waals surface area contributed by atoms with Crippen LogP contribution in [-0.4, -0.2) is 31.7 Å². The van der Waals surface area contributed by atoms with E-state index in [1.807, 2.05) is 29.9 Å². The highest BCUT2D eigenvalue weighted by atomic mass is 15.4. The maximum atomic E-state index is 4.02. The van der Waals surface area contributed by atoms with Crippen LogP contribution in [0.25, 0.3) is 0 Å². The number of aryl methyl sites for hydroxylation is 2. The fraction of sp³-hybridized carbons (Fsp3) is 0.400. The van der Waals surface area contributed by atoms with Crippen LogP contribution in [0.4, 0.5) is 5.82 Å². The molecule has 0 aliphatic rings. The molecule has 0 saturated heterocycles. The number of nitrogens with zero attached hydrogens (tertiary/aromatic N) is 5. The van der Waals surface area contributed by atoms with Gasteiger partial charge in [0, 0.05) is 19.3 Å². The Balaban J connectivity index is 1.70. The molecule has 2 rings (SSSR count). The van der Waals surface area contributed by atoms with Gasteiger partial charge in [0.15, 0.2) is 0 Å². The average molecular weight is 218 g/mol. The highest BCUT2D eigenvalue weighted by Gasteiger charge is 1.95. The molecule has 0 amide bonds. The van der Waals surface area contributed by atoms with Gasteiger partial charge in [0.2, 0.25) is 0 Å². The SMILES string of the molecule is Cc1ccc(NCCCn2ccnn2)nn1. The minimum atomic E-state index is 0.809. The predicted octanol–water partition coefficient (Wildman–Crippen LogP) is 0.879. The maximum Gasteiger partial charge on any atom is 0.148 e. The fourth-order valence-electron chi connectivity index (χ4n) is 1.30. The Morgan fingerprint density at radius 2 is 2.25 bits per heavy atom. The van der Waals surface area contributed by atoms with Crippen LogP contribution in [0.3, 0.4) is 0 Å². The molecule has 0 aromatic carbocycles. The summed E-state index contributed by atoms with van der Waals surface area (Å²) >= 11 is 0. The first-order valence-electron chi connectivity index (χ1n) is 5.23. The van der Waals surface area contributed by atoms with E-state index in [1.54, 1.807) is 6.20 Å². The number of rotatable bonds is 5. The molecule has 0 radical (unpaired) electrons. The Morgan fingerprint density at radius 1 is 1.31 bits per heavy atom. The molecular weight excluding hydrogens is 204 g/mol. The smallest absolute Gasteiger partial charge is 0.148 e. The summed E-state index contributed by atoms with van der Waals surface area (Å²) in [5.41, 5.74) is 0.924. The van der Waals surface area contributed by atoms with Gasteiger partial charge < -0.3 is 5.32 Å². The van der Waals surface area contributed by atoms with Gasteiger partial charge in [-0.1, -0.05) is 5.21 Å². The van der Waals surface area contributed by atoms with Gasteiger partial charge in [0.1, 0.15) is 5.82 Å². The van der Waals surface area contributed by atoms with E-state index in [9.17, 15) is 0 Å². The Labute approximate surface area is 93.7 Å². The van der Waals surface area contributed by atoms with E-state index in [-0.39, 0.29) is 0 Å². The lowest BCUT2D eigenvalue weighted by molar-refractivity contribution is 0.569. The molecular formula is C10H14N6. The number of hydrogen-bond donors (Lipinski definition) is 1. The third-order valence-corrected chi connectivity index (χ3v) is 2.14. The summed E-state index contributed by atoms with van der Waals surface area (Å²) in [6, 6.07) is 3.87. The van der Waals surface area contributed by atoms with Crippen molar-refractivity contribution in [2.45, 2.75) is 19.9 Å². The normalized spacial score (nSPS) is 10.3. The molecule has 6 heteroatoms. The zero-order valence-corrected chi connectivity index (χ0v) is 9.17. The fourth-order valence-corrected chi connectivity index (χ4v) is 1.30. The number of hydrogen-bond acceptors (Lipinski definition) is 5. The van der Waals surface area contributed by atoms with Crippen molar-refractivity contribution in [3.8, 4) is 0 Å². The van der Waals surface area contributed by atoms with E-state index in [2.05, 4.69) is 25.8 Å². The van der Waals surface area contributed by atoms with Crippen molar-refractivity contribution in [2.24, 2.45) is 0 Å². The van der Waals surface area contributed by atoms with Crippen molar-refractivity contribution in [3.05, 3.63) is 30.2 Å². The molecule has 0 spiro atoms. The van der Waals surface area contributed by atoms with E-state index in [4.69, 9.17) is 0 Å². The molecule has 0 aliphatic carbocycles. The Hall–Kier alpha value is -1.98. The van der Waals surface area contributed by atoms with E-state index in [0.717, 1.165) is 31.0 Å². The standard InChI is InChI=1S/C10H14N6/c1-9-3-4-10(14-13-9)11-5-2-7-16-8-6-12-15-16/h3-4,6,8H,2,5,7H2,1H3,(H,11,14). The summed E-state index contributed by atoms with van der Waals surface area (Å²) in [4.78, 5) is 0. The Morgan fingerprint density at radius 3 is 2.94 bits per heavy atom. The summed E-state index contributed by atoms with van der Waals surface area (Å²) in [5.74, 6) is 0.809. The van der Waals surface area contributed by atoms with Gasteiger partial charge in [-0.25, -0.2) is 0 Å². The van der Waals surface area contributed by atoms with Crippen molar-refractivity contribution < 1.29 is 0 Å². The first-order chi connectivity index (χ1) is 7.84. The molecule has 84 valence electrons. The quantitative estimate of drug-likeness (QED) is 0.754. The first-order valence-corrected chi connectivity index (χ1v) is 5.23. The van der Waals surface area contributed by atoms with E-state index < -0.39 is 0 Å². The van der Waals surface area contributed by atoms with Crippen LogP contribution < -0.4 is 5.32 Å². The monoisotopic (exact) mass is 218 g/mol. The highest BCUT2D eigenvalue weighted by Crippen LogP contribution is 2.00. The number of anilines is 1. The molecule has 0 saturated carbocycles. The molecule has 16 heavy (non-hydrogen) atoms. The van der Waals surface area contributed by atoms with E-state index in [1.165, 1.54) is 0 Å². The topological polar surface area (TPSA) is 68.5 Å². The molecule has 2 heterocycles. The van der Waals surface area contributed by atoms with Crippen molar-refractivity contribution in [1.82, 2.24) is 25.2 Å². The van der Waals surface area contributed by atoms with Crippen molar-refractivity contribution in [2.75, 3.05) is 11.9 Å². The van der Waals surface area contributed by atoms with Gasteiger partial charge in [-0.05, 0) is 25.5 Å². The number of nitrogens with one attached hydrogen (secondary N) is 1. The Kier molecular flexibility index (Phi) is 3.42. The van der Waals surface area contributed by atoms with Gasteiger partial charge >= 0.3 is 0 Å². The molecule has 1 N–H and O–H groups in total. The number of aromatic nitrogens is 5. The lowest BCUT2D eigenvalue weighted by Gasteiger charge is -2.04. The summed E-state index contributed by atoms with van der Waals surface area (Å²) in [7, 11) is 0. The van der Waals surface area contributed by atoms with Crippen molar-refractivity contribution >= 4 is 5.82 Å². The summed E-state index contributed by atoms with van der Waals surface area (Å²) in [6.07, 6.45) is 4.50. The highest BCUT2D eigenvalue weighted by molar-refractivity contribution is 5.32. The largest absolute Gasteiger partial charge is 0.369 e. The van der Waals surface area contributed by atoms with Crippen LogP contribution in [0.15, 0.2) is 24.5 Å². The van der Waals surface area contributed by atoms with Crippen LogP contribution in [0.1, 0.15) is 12.1 Å². The molecule has 2 aromatic rings. The van der Waals surface area contributed by atoms with Crippen LogP contribution in [-0.2, 0) is 6.54 Å². The Bertz CT molecular complexity index is 407. The second-order valence-electron chi connectivity index (χ2n) is 3.51. The lowest BCUT2D eigenvalue weighted by atomic mass is 10.4. The lowest BCUT2D eigenvalue weighted by Crippen LogP contribution is -2.08. The molecule has 6 nitrogen and oxygen atoms in total. The summed E-state index contributed by atoms with van der Waals surface area (Å²) < 4.78 is 1.81. The van der Waals surface area contributed by atoms with Crippen molar-refractivity contribution in [1.29, 1.82) is 0 Å². The van der Waals surface area contributed by atoms with Crippen LogP contribution in [0, 0.1) is 6.92 Å². The van der Waals surface area contributed by atoms with Crippen LogP contribution >= 0.6 is 0 Å². The van der Waals surface area contributed by atoms with E-state index in [0.29, 0.717) is 0 Å². The second kappa shape index (κ2) is 5.20. The first kappa shape index (κ1) is 10.5. The van der Waals surface area contributed by atoms with E-state index >= 15 is 0 Å². The maximum absolute atomic E-state index is 4.02. The second-order valence-corrected chi connectivity index (χ2v) is 3.51. The minimum Gasteiger partial charge on any atom is -0.369 e. The summed E-state index contributed by atoms with van der Waals surface area (Å²) in [5, 5.41) is 18.8. The van der Waals surface area contributed by atoms with Crippen molar-refractivity contribution in [3.63, 3.8) is 0 Å². The van der Waals surface area contributed by atoms with Crippen LogP contribution in [0.5, 0.6) is 0 Å². The van der Waals surface area contributed by atoms with Crippen LogP contribution in [0.2, 0.25) is 0 Å². The minimum absolute atomic E-state index is 0.809.